The van der Waals surface area contributed by atoms with Gasteiger partial charge in [-0.2, -0.15) is 0 Å². The number of carbonyl (C=O) groups excluding carboxylic acids is 1. The Morgan fingerprint density at radius 2 is 0.989 bits per heavy atom. The van der Waals surface area contributed by atoms with Crippen molar-refractivity contribution >= 4 is 55.7 Å². The molecule has 4 saturated heterocycles. The fraction of sp³-hybridized carbons (Fsp3) is 0.459. The second kappa shape index (κ2) is 27.6. The third-order valence-electron chi connectivity index (χ3n) is 18.7. The molecule has 504 valence electrons. The molecule has 10 aromatic rings. The van der Waals surface area contributed by atoms with Gasteiger partial charge in [-0.3, -0.25) is 14.6 Å². The smallest absolute Gasteiger partial charge is 0.335 e. The minimum atomic E-state index is -0.978. The number of carbonyl (C=O) groups is 2. The molecular formula is C74H94N12O9. The van der Waals surface area contributed by atoms with Crippen LogP contribution < -0.4 is 20.5 Å². The van der Waals surface area contributed by atoms with Gasteiger partial charge in [0.1, 0.15) is 46.0 Å². The Labute approximate surface area is 556 Å². The van der Waals surface area contributed by atoms with Gasteiger partial charge < -0.3 is 54.1 Å². The number of aromatic carboxylic acids is 1. The first-order valence-electron chi connectivity index (χ1n) is 32.2. The zero-order chi connectivity index (χ0) is 65.9. The van der Waals surface area contributed by atoms with E-state index >= 15 is 0 Å². The Kier molecular flexibility index (Phi) is 20.1. The number of hydrogen-bond donors (Lipinski definition) is 5. The van der Waals surface area contributed by atoms with Crippen LogP contribution in [0.2, 0.25) is 0 Å². The van der Waals surface area contributed by atoms with Crippen molar-refractivity contribution in [2.24, 2.45) is 5.73 Å². The minimum absolute atomic E-state index is 0. The summed E-state index contributed by atoms with van der Waals surface area (Å²) in [5.74, 6) is 3.00. The van der Waals surface area contributed by atoms with E-state index in [-0.39, 0.29) is 43.2 Å². The number of methoxy groups -OCH3 is 2. The van der Waals surface area contributed by atoms with Gasteiger partial charge in [0.25, 0.3) is 5.91 Å². The Bertz CT molecular complexity index is 4430. The molecule has 21 heteroatoms. The van der Waals surface area contributed by atoms with Gasteiger partial charge in [-0.1, -0.05) is 66.7 Å². The average molecular weight is 1300 g/mol. The number of aryl methyl sites for hydroxylation is 6. The fourth-order valence-corrected chi connectivity index (χ4v) is 13.2. The minimum Gasteiger partial charge on any atom is -0.496 e. The summed E-state index contributed by atoms with van der Waals surface area (Å²) in [6.07, 6.45) is 4.20. The summed E-state index contributed by atoms with van der Waals surface area (Å²) in [4.78, 5) is 57.0. The molecule has 4 fully saturated rings. The Morgan fingerprint density at radius 1 is 0.579 bits per heavy atom. The summed E-state index contributed by atoms with van der Waals surface area (Å²) in [5, 5.41) is 24.9. The maximum absolute atomic E-state index is 13.8. The van der Waals surface area contributed by atoms with E-state index in [0.717, 1.165) is 171 Å². The number of fused-ring (bicyclic) bond motifs is 6. The van der Waals surface area contributed by atoms with Gasteiger partial charge >= 0.3 is 5.97 Å². The standard InChI is InChI=1S/C36H42N6O4.C28H28N4O4.C8H16N2O.2CH4/c1-19-31(20(2)46-41-19)28-15-29-27(16-30(28)44-7)32-33(37-21(3)38-34(32)40-29)22-12-23(14-24(13-22)36(4,5)6)35(43)39-25-8-10-42(11-9-25)26-17-45-18-26;1-13-23(14(2)36-32-13)20-11-21-19(12-22(20)35-7)24-25(29-15(3)30-26(24)31-21)16-8-17(27(33)34)10-18(9-16)28(4,5)6;9-7-1-3-10(4-2-7)8-5-11-6-8;;/h12-16,25-26H,8-11,17-18H2,1-7H3,(H,39,43)(H,37,38,40);8-12H,1-7H3,(H,33,34)(H,29,30,31);7-8H,1-6,9H2;2*1H4. The normalized spacial score (nSPS) is 16.1. The molecule has 4 aromatic carbocycles. The number of amides is 1. The van der Waals surface area contributed by atoms with Crippen molar-refractivity contribution < 1.29 is 42.7 Å². The van der Waals surface area contributed by atoms with Crippen molar-refractivity contribution in [1.82, 2.24) is 55.3 Å². The first-order valence-corrected chi connectivity index (χ1v) is 32.2. The van der Waals surface area contributed by atoms with Crippen LogP contribution in [0.3, 0.4) is 0 Å². The molecule has 95 heavy (non-hydrogen) atoms. The lowest BCUT2D eigenvalue weighted by Gasteiger charge is -2.41. The van der Waals surface area contributed by atoms with E-state index in [1.54, 1.807) is 26.4 Å². The molecule has 0 radical (unpaired) electrons. The zero-order valence-electron chi connectivity index (χ0n) is 55.9. The molecule has 0 bridgehead atoms. The molecule has 0 atom stereocenters. The SMILES string of the molecule is C.C.COc1cc2c(cc1-c1c(C)noc1C)[nH]c1nc(C)nc(-c3cc(C(=O)NC4CCN(C5COC5)CC4)cc(C(C)(C)C)c3)c12.COc1cc2c(cc1-c1c(C)noc1C)[nH]c1nc(C)nc(-c3cc(C(=O)O)cc(C(C)(C)C)c3)c12.NC1CCN(C2COC2)CC1. The molecule has 14 rings (SSSR count). The highest BCUT2D eigenvalue weighted by Gasteiger charge is 2.33. The number of benzene rings is 4. The second-order valence-corrected chi connectivity index (χ2v) is 27.5. The average Bonchev–Trinajstić information content (AvgIpc) is 1.64. The van der Waals surface area contributed by atoms with Gasteiger partial charge in [0, 0.05) is 87.9 Å². The lowest BCUT2D eigenvalue weighted by Crippen LogP contribution is -2.54. The quantitative estimate of drug-likeness (QED) is 0.0805. The van der Waals surface area contributed by atoms with E-state index < -0.39 is 5.97 Å². The molecule has 0 spiro atoms. The van der Waals surface area contributed by atoms with Gasteiger partial charge in [-0.05, 0) is 150 Å². The maximum atomic E-state index is 13.8. The lowest BCUT2D eigenvalue weighted by molar-refractivity contribution is -0.0716. The van der Waals surface area contributed by atoms with E-state index in [9.17, 15) is 14.7 Å². The van der Waals surface area contributed by atoms with Crippen molar-refractivity contribution in [1.29, 1.82) is 0 Å². The van der Waals surface area contributed by atoms with Crippen LogP contribution >= 0.6 is 0 Å². The zero-order valence-corrected chi connectivity index (χ0v) is 55.9. The number of aromatic nitrogens is 8. The highest BCUT2D eigenvalue weighted by molar-refractivity contribution is 6.15. The third kappa shape index (κ3) is 14.1. The Morgan fingerprint density at radius 3 is 1.36 bits per heavy atom. The van der Waals surface area contributed by atoms with Gasteiger partial charge in [0.15, 0.2) is 0 Å². The summed E-state index contributed by atoms with van der Waals surface area (Å²) in [7, 11) is 3.30. The van der Waals surface area contributed by atoms with Gasteiger partial charge in [0.05, 0.1) is 103 Å². The summed E-state index contributed by atoms with van der Waals surface area (Å²) >= 11 is 0. The number of nitrogens with one attached hydrogen (secondary N) is 3. The highest BCUT2D eigenvalue weighted by Crippen LogP contribution is 2.45. The Hall–Kier alpha value is -8.60. The number of ether oxygens (including phenoxy) is 4. The van der Waals surface area contributed by atoms with E-state index in [1.807, 2.05) is 77.9 Å². The van der Waals surface area contributed by atoms with Crippen LogP contribution in [0.5, 0.6) is 11.5 Å². The number of nitrogens with zero attached hydrogens (tertiary/aromatic N) is 8. The van der Waals surface area contributed by atoms with Crippen LogP contribution in [0.15, 0.2) is 69.7 Å². The largest absolute Gasteiger partial charge is 0.496 e. The van der Waals surface area contributed by atoms with Crippen LogP contribution in [0.4, 0.5) is 0 Å². The number of nitrogens with two attached hydrogens (primary N) is 1. The molecule has 1 amide bonds. The molecule has 4 aliphatic rings. The van der Waals surface area contributed by atoms with Crippen LogP contribution in [-0.2, 0) is 20.3 Å². The molecule has 6 N–H and O–H groups in total. The molecule has 0 unspecified atom stereocenters. The lowest BCUT2D eigenvalue weighted by atomic mass is 9.84. The van der Waals surface area contributed by atoms with Crippen molar-refractivity contribution in [3.05, 3.63) is 117 Å². The number of carboxylic acid groups (broad SMARTS) is 1. The number of likely N-dealkylation sites (tertiary alicyclic amines) is 2. The van der Waals surface area contributed by atoms with Crippen LogP contribution in [0, 0.1) is 41.5 Å². The van der Waals surface area contributed by atoms with Crippen LogP contribution in [0.1, 0.15) is 148 Å². The maximum Gasteiger partial charge on any atom is 0.335 e. The van der Waals surface area contributed by atoms with Crippen molar-refractivity contribution in [2.75, 3.05) is 66.8 Å². The molecule has 0 saturated carbocycles. The van der Waals surface area contributed by atoms with Crippen molar-refractivity contribution in [3.63, 3.8) is 0 Å². The van der Waals surface area contributed by atoms with Gasteiger partial charge in [-0.25, -0.2) is 24.7 Å². The first-order chi connectivity index (χ1) is 44.3. The van der Waals surface area contributed by atoms with Gasteiger partial charge in [0.2, 0.25) is 0 Å². The Balaban J connectivity index is 0.000000178. The molecular weight excluding hydrogens is 1200 g/mol. The molecule has 4 aliphatic heterocycles. The summed E-state index contributed by atoms with van der Waals surface area (Å²) < 4.78 is 33.1. The summed E-state index contributed by atoms with van der Waals surface area (Å²) in [5.41, 5.74) is 19.5. The number of hydrogen-bond acceptors (Lipinski definition) is 17. The first kappa shape index (κ1) is 69.2. The van der Waals surface area contributed by atoms with E-state index in [2.05, 4.69) is 94.1 Å². The second-order valence-electron chi connectivity index (χ2n) is 27.5. The third-order valence-corrected chi connectivity index (χ3v) is 18.7. The molecule has 6 aromatic heterocycles. The van der Waals surface area contributed by atoms with Crippen LogP contribution in [-0.4, -0.2) is 158 Å². The van der Waals surface area contributed by atoms with Gasteiger partial charge in [-0.15, -0.1) is 0 Å². The van der Waals surface area contributed by atoms with E-state index in [1.165, 1.54) is 13.1 Å². The highest BCUT2D eigenvalue weighted by atomic mass is 16.5. The number of piperidine rings is 2. The topological polar surface area (TPSA) is 271 Å². The predicted octanol–water partition coefficient (Wildman–Crippen LogP) is 13.7. The number of aromatic amines is 2. The summed E-state index contributed by atoms with van der Waals surface area (Å²) in [6, 6.07) is 21.5. The van der Waals surface area contributed by atoms with Crippen molar-refractivity contribution in [2.45, 2.75) is 159 Å². The number of rotatable bonds is 11. The monoisotopic (exact) mass is 1290 g/mol. The van der Waals surface area contributed by atoms with E-state index in [4.69, 9.17) is 48.7 Å². The van der Waals surface area contributed by atoms with Crippen LogP contribution in [0.25, 0.3) is 88.6 Å². The number of H-pyrrole nitrogens is 2. The number of carboxylic acids is 1. The molecule has 0 aliphatic carbocycles. The van der Waals surface area contributed by atoms with Crippen molar-refractivity contribution in [3.8, 4) is 56.3 Å². The molecule has 10 heterocycles. The summed E-state index contributed by atoms with van der Waals surface area (Å²) in [6.45, 7) is 31.8. The predicted molar refractivity (Wildman–Crippen MR) is 374 cm³/mol. The molecule has 21 nitrogen and oxygen atoms in total. The fourth-order valence-electron chi connectivity index (χ4n) is 13.2. The van der Waals surface area contributed by atoms with E-state index in [0.29, 0.717) is 63.9 Å².